The fraction of sp³-hybridized carbons (Fsp3) is 0.333. The van der Waals surface area contributed by atoms with Gasteiger partial charge in [-0.15, -0.1) is 0 Å². The van der Waals surface area contributed by atoms with E-state index < -0.39 is 11.2 Å². The third-order valence-electron chi connectivity index (χ3n) is 6.77. The molecule has 1 amide bonds. The summed E-state index contributed by atoms with van der Waals surface area (Å²) in [6, 6.07) is 3.09. The third kappa shape index (κ3) is 5.05. The molecule has 3 heterocycles. The second-order valence-electron chi connectivity index (χ2n) is 9.29. The second-order valence-corrected chi connectivity index (χ2v) is 10.5. The number of ether oxygens (including phenoxy) is 1. The number of nitrogens with two attached hydrogens (primary N) is 1. The summed E-state index contributed by atoms with van der Waals surface area (Å²) in [6.07, 6.45) is 6.94. The number of carbonyl (C=O) groups excluding carboxylic acids is 1. The van der Waals surface area contributed by atoms with Crippen molar-refractivity contribution in [2.45, 2.75) is 38.6 Å². The van der Waals surface area contributed by atoms with Crippen molar-refractivity contribution in [2.24, 2.45) is 11.1 Å². The van der Waals surface area contributed by atoms with Crippen LogP contribution in [0.4, 0.5) is 22.0 Å². The second kappa shape index (κ2) is 10.00. The first kappa shape index (κ1) is 25.6. The van der Waals surface area contributed by atoms with Crippen LogP contribution in [-0.4, -0.2) is 32.0 Å². The minimum Gasteiger partial charge on any atom is -0.494 e. The molecule has 13 heteroatoms. The highest BCUT2D eigenvalue weighted by Crippen LogP contribution is 2.44. The van der Waals surface area contributed by atoms with E-state index in [-0.39, 0.29) is 30.2 Å². The predicted octanol–water partition coefficient (Wildman–Crippen LogP) is 6.27. The highest BCUT2D eigenvalue weighted by Gasteiger charge is 2.37. The zero-order valence-corrected chi connectivity index (χ0v) is 22.0. The summed E-state index contributed by atoms with van der Waals surface area (Å²) in [7, 11) is 0. The van der Waals surface area contributed by atoms with E-state index in [1.807, 2.05) is 11.5 Å². The Hall–Kier alpha value is -3.08. The quantitative estimate of drug-likeness (QED) is 0.321. The van der Waals surface area contributed by atoms with E-state index in [1.165, 1.54) is 12.3 Å². The van der Waals surface area contributed by atoms with Crippen molar-refractivity contribution in [1.29, 1.82) is 0 Å². The molecule has 4 N–H and O–H groups in total. The molecule has 0 atom stereocenters. The van der Waals surface area contributed by atoms with Crippen LogP contribution in [0.1, 0.15) is 38.6 Å². The Morgan fingerprint density at radius 1 is 1.19 bits per heavy atom. The number of benzene rings is 1. The number of carbonyl (C=O) groups is 1. The molecule has 1 aromatic carbocycles. The minimum absolute atomic E-state index is 0.0635. The van der Waals surface area contributed by atoms with Crippen LogP contribution in [-0.2, 0) is 9.53 Å². The van der Waals surface area contributed by atoms with Gasteiger partial charge < -0.3 is 21.1 Å². The SMILES string of the molecule is C[C@]1(C(N)=O)CC[C@H](n2c(Nc3c(Cl)cc(Cl)cc3Cl)nc3cnc(NC4=C(F)COC=C4)nc32)CC1. The first-order valence-electron chi connectivity index (χ1n) is 11.5. The van der Waals surface area contributed by atoms with Gasteiger partial charge in [-0.25, -0.2) is 14.4 Å². The molecule has 37 heavy (non-hydrogen) atoms. The Morgan fingerprint density at radius 3 is 2.54 bits per heavy atom. The van der Waals surface area contributed by atoms with E-state index in [0.717, 1.165) is 0 Å². The van der Waals surface area contributed by atoms with Gasteiger partial charge in [-0.05, 0) is 43.9 Å². The molecule has 0 spiro atoms. The van der Waals surface area contributed by atoms with Crippen molar-refractivity contribution in [3.8, 4) is 0 Å². The Morgan fingerprint density at radius 2 is 1.89 bits per heavy atom. The van der Waals surface area contributed by atoms with Crippen molar-refractivity contribution in [2.75, 3.05) is 17.2 Å². The van der Waals surface area contributed by atoms with Crippen LogP contribution < -0.4 is 16.4 Å². The lowest BCUT2D eigenvalue weighted by atomic mass is 9.73. The number of primary amides is 1. The van der Waals surface area contributed by atoms with Crippen molar-refractivity contribution in [1.82, 2.24) is 19.5 Å². The lowest BCUT2D eigenvalue weighted by molar-refractivity contribution is -0.128. The lowest BCUT2D eigenvalue weighted by Crippen LogP contribution is -2.38. The van der Waals surface area contributed by atoms with E-state index >= 15 is 0 Å². The molecule has 2 aromatic heterocycles. The van der Waals surface area contributed by atoms with Gasteiger partial charge >= 0.3 is 0 Å². The molecule has 1 aliphatic carbocycles. The van der Waals surface area contributed by atoms with Gasteiger partial charge in [0.2, 0.25) is 17.8 Å². The smallest absolute Gasteiger partial charge is 0.229 e. The number of hydrogen-bond acceptors (Lipinski definition) is 7. The lowest BCUT2D eigenvalue weighted by Gasteiger charge is -2.35. The van der Waals surface area contributed by atoms with E-state index in [0.29, 0.717) is 63.6 Å². The Bertz CT molecular complexity index is 1420. The van der Waals surface area contributed by atoms with Crippen LogP contribution in [0.3, 0.4) is 0 Å². The van der Waals surface area contributed by atoms with Gasteiger partial charge in [-0.2, -0.15) is 4.98 Å². The van der Waals surface area contributed by atoms with Crippen LogP contribution >= 0.6 is 34.8 Å². The number of fused-ring (bicyclic) bond motifs is 1. The molecule has 0 unspecified atom stereocenters. The number of amides is 1. The first-order chi connectivity index (χ1) is 17.6. The molecule has 2 aliphatic rings. The maximum absolute atomic E-state index is 14.2. The van der Waals surface area contributed by atoms with Crippen molar-refractivity contribution >= 4 is 69.5 Å². The molecular weight excluding hydrogens is 544 g/mol. The molecule has 9 nitrogen and oxygen atoms in total. The summed E-state index contributed by atoms with van der Waals surface area (Å²) in [5, 5.41) is 7.17. The summed E-state index contributed by atoms with van der Waals surface area (Å²) in [5.74, 6) is -0.144. The first-order valence-corrected chi connectivity index (χ1v) is 12.7. The largest absolute Gasteiger partial charge is 0.494 e. The van der Waals surface area contributed by atoms with Gasteiger partial charge in [0.1, 0.15) is 12.1 Å². The van der Waals surface area contributed by atoms with Gasteiger partial charge in [0.05, 0.1) is 33.9 Å². The van der Waals surface area contributed by atoms with Crippen LogP contribution in [0, 0.1) is 5.41 Å². The molecule has 5 rings (SSSR count). The summed E-state index contributed by atoms with van der Waals surface area (Å²) in [5.41, 5.74) is 6.76. The van der Waals surface area contributed by atoms with Crippen LogP contribution in [0.25, 0.3) is 11.2 Å². The Balaban J connectivity index is 1.57. The van der Waals surface area contributed by atoms with Crippen molar-refractivity contribution < 1.29 is 13.9 Å². The predicted molar refractivity (Wildman–Crippen MR) is 142 cm³/mol. The van der Waals surface area contributed by atoms with Gasteiger partial charge in [0, 0.05) is 16.5 Å². The monoisotopic (exact) mass is 565 g/mol. The fourth-order valence-corrected chi connectivity index (χ4v) is 5.45. The molecule has 1 aliphatic heterocycles. The number of nitrogens with zero attached hydrogens (tertiary/aromatic N) is 4. The molecule has 1 fully saturated rings. The van der Waals surface area contributed by atoms with Gasteiger partial charge in [-0.3, -0.25) is 9.36 Å². The summed E-state index contributed by atoms with van der Waals surface area (Å²) < 4.78 is 21.1. The molecular formula is C24H23Cl3FN7O2. The van der Waals surface area contributed by atoms with E-state index in [1.54, 1.807) is 18.3 Å². The van der Waals surface area contributed by atoms with Crippen LogP contribution in [0.15, 0.2) is 42.2 Å². The molecule has 0 radical (unpaired) electrons. The number of nitrogens with one attached hydrogen (secondary N) is 2. The highest BCUT2D eigenvalue weighted by molar-refractivity contribution is 6.41. The highest BCUT2D eigenvalue weighted by atomic mass is 35.5. The zero-order chi connectivity index (χ0) is 26.3. The number of rotatable bonds is 6. The summed E-state index contributed by atoms with van der Waals surface area (Å²) >= 11 is 18.9. The van der Waals surface area contributed by atoms with Gasteiger partial charge in [0.15, 0.2) is 11.5 Å². The minimum atomic E-state index is -0.579. The molecule has 1 saturated carbocycles. The average molecular weight is 567 g/mol. The third-order valence-corrected chi connectivity index (χ3v) is 7.59. The summed E-state index contributed by atoms with van der Waals surface area (Å²) in [6.45, 7) is 1.72. The number of hydrogen-bond donors (Lipinski definition) is 3. The van der Waals surface area contributed by atoms with E-state index in [4.69, 9.17) is 50.3 Å². The summed E-state index contributed by atoms with van der Waals surface area (Å²) in [4.78, 5) is 25.7. The number of imidazole rings is 1. The van der Waals surface area contributed by atoms with Crippen LogP contribution in [0.2, 0.25) is 15.1 Å². The topological polar surface area (TPSA) is 120 Å². The normalized spacial score (nSPS) is 21.7. The van der Waals surface area contributed by atoms with Crippen molar-refractivity contribution in [3.63, 3.8) is 0 Å². The van der Waals surface area contributed by atoms with Gasteiger partial charge in [0.25, 0.3) is 0 Å². The fourth-order valence-electron chi connectivity index (χ4n) is 4.54. The Labute approximate surface area is 226 Å². The van der Waals surface area contributed by atoms with Crippen LogP contribution in [0.5, 0.6) is 0 Å². The number of allylic oxidation sites excluding steroid dienone is 1. The number of aromatic nitrogens is 4. The Kier molecular flexibility index (Phi) is 6.91. The number of anilines is 3. The maximum Gasteiger partial charge on any atom is 0.229 e. The maximum atomic E-state index is 14.2. The van der Waals surface area contributed by atoms with E-state index in [2.05, 4.69) is 20.6 Å². The average Bonchev–Trinajstić information content (AvgIpc) is 3.20. The number of halogens is 4. The molecule has 0 saturated heterocycles. The van der Waals surface area contributed by atoms with Crippen molar-refractivity contribution in [3.05, 3.63) is 57.3 Å². The molecule has 194 valence electrons. The zero-order valence-electron chi connectivity index (χ0n) is 19.7. The van der Waals surface area contributed by atoms with Gasteiger partial charge in [-0.1, -0.05) is 41.7 Å². The van der Waals surface area contributed by atoms with E-state index in [9.17, 15) is 9.18 Å². The molecule has 3 aromatic rings. The standard InChI is InChI=1S/C24H23Cl3FN7O2/c1-24(21(29)36)5-2-13(3-6-24)35-20-18(10-30-22(34-20)31-17-4-7-37-11-16(17)28)32-23(35)33-19-14(26)8-12(25)9-15(19)27/h4,7-10,13H,2-3,5-6,11H2,1H3,(H2,29,36)(H,32,33)(H,30,31,34)/t13-,24-. The molecule has 0 bridgehead atoms.